The van der Waals surface area contributed by atoms with E-state index in [9.17, 15) is 20.2 Å². The summed E-state index contributed by atoms with van der Waals surface area (Å²) in [4.78, 5) is 20.5. The van der Waals surface area contributed by atoms with E-state index in [1.54, 1.807) is 0 Å². The molecule has 0 unspecified atom stereocenters. The number of nitro groups is 2. The van der Waals surface area contributed by atoms with E-state index in [2.05, 4.69) is 26.1 Å². The molecule has 8 heteroatoms. The van der Waals surface area contributed by atoms with Gasteiger partial charge in [0.2, 0.25) is 0 Å². The van der Waals surface area contributed by atoms with Crippen LogP contribution in [0.3, 0.4) is 0 Å². The summed E-state index contributed by atoms with van der Waals surface area (Å²) in [6, 6.07) is 3.53. The van der Waals surface area contributed by atoms with Crippen LogP contribution in [0.5, 0.6) is 0 Å². The van der Waals surface area contributed by atoms with Crippen LogP contribution in [-0.2, 0) is 4.74 Å². The molecule has 0 aliphatic carbocycles. The molecule has 0 atom stereocenters. The molecule has 0 saturated carbocycles. The van der Waals surface area contributed by atoms with Gasteiger partial charge in [-0.1, -0.05) is 48.5 Å². The predicted molar refractivity (Wildman–Crippen MR) is 110 cm³/mol. The molecule has 1 rings (SSSR count). The van der Waals surface area contributed by atoms with E-state index in [1.165, 1.54) is 12.1 Å². The lowest BCUT2D eigenvalue weighted by atomic mass is 9.98. The van der Waals surface area contributed by atoms with Crippen molar-refractivity contribution in [2.45, 2.75) is 67.9 Å². The molecular weight excluding hydrogens is 350 g/mol. The Bertz CT molecular complexity index is 595. The molecule has 1 aromatic rings. The molecule has 0 spiro atoms. The summed E-state index contributed by atoms with van der Waals surface area (Å²) in [7, 11) is 0. The van der Waals surface area contributed by atoms with Crippen molar-refractivity contribution in [2.75, 3.05) is 18.5 Å². The van der Waals surface area contributed by atoms with Crippen LogP contribution in [0.1, 0.15) is 62.3 Å². The number of ether oxygens (including phenoxy) is 1. The van der Waals surface area contributed by atoms with Crippen molar-refractivity contribution >= 4 is 17.1 Å². The zero-order chi connectivity index (χ0) is 21.8. The minimum Gasteiger partial charge on any atom is -0.377 e. The monoisotopic (exact) mass is 385 g/mol. The molecule has 27 heavy (non-hydrogen) atoms. The smallest absolute Gasteiger partial charge is 0.299 e. The second-order valence-electron chi connectivity index (χ2n) is 7.18. The SMILES string of the molecule is CC.CC.CC(C)(C)COC(C)(C)CNc1ccc([N+](=O)[O-])cc1[N+](=O)[O-]. The van der Waals surface area contributed by atoms with Gasteiger partial charge >= 0.3 is 0 Å². The number of nitrogens with zero attached hydrogens (tertiary/aromatic N) is 2. The van der Waals surface area contributed by atoms with Gasteiger partial charge in [-0.2, -0.15) is 0 Å². The summed E-state index contributed by atoms with van der Waals surface area (Å²) < 4.78 is 5.84. The van der Waals surface area contributed by atoms with Gasteiger partial charge in [0.1, 0.15) is 5.69 Å². The highest BCUT2D eigenvalue weighted by atomic mass is 16.6. The van der Waals surface area contributed by atoms with E-state index in [4.69, 9.17) is 4.74 Å². The number of non-ortho nitro benzene ring substituents is 1. The van der Waals surface area contributed by atoms with Crippen molar-refractivity contribution in [1.29, 1.82) is 0 Å². The van der Waals surface area contributed by atoms with Crippen LogP contribution >= 0.6 is 0 Å². The van der Waals surface area contributed by atoms with Crippen LogP contribution in [0.25, 0.3) is 0 Å². The summed E-state index contributed by atoms with van der Waals surface area (Å²) in [6.45, 7) is 18.8. The standard InChI is InChI=1S/C15H23N3O5.2C2H6/c1-14(2,3)10-23-15(4,5)9-16-12-7-6-11(17(19)20)8-13(12)18(21)22;2*1-2/h6-8,16H,9-10H2,1-5H3;2*1-2H3. The highest BCUT2D eigenvalue weighted by Gasteiger charge is 2.25. The van der Waals surface area contributed by atoms with Crippen molar-refractivity contribution in [1.82, 2.24) is 0 Å². The van der Waals surface area contributed by atoms with Gasteiger partial charge in [-0.15, -0.1) is 0 Å². The summed E-state index contributed by atoms with van der Waals surface area (Å²) in [5.41, 5.74) is -0.941. The first-order valence-electron chi connectivity index (χ1n) is 9.22. The Labute approximate surface area is 162 Å². The fourth-order valence-corrected chi connectivity index (χ4v) is 1.71. The van der Waals surface area contributed by atoms with E-state index in [1.807, 2.05) is 41.5 Å². The fraction of sp³-hybridized carbons (Fsp3) is 0.684. The second kappa shape index (κ2) is 12.2. The van der Waals surface area contributed by atoms with E-state index in [0.717, 1.165) is 6.07 Å². The van der Waals surface area contributed by atoms with Crippen molar-refractivity contribution < 1.29 is 14.6 Å². The molecule has 0 amide bonds. The average molecular weight is 386 g/mol. The molecule has 0 aliphatic heterocycles. The van der Waals surface area contributed by atoms with Gasteiger partial charge in [0.25, 0.3) is 11.4 Å². The number of benzene rings is 1. The zero-order valence-electron chi connectivity index (χ0n) is 18.1. The molecule has 0 fully saturated rings. The summed E-state index contributed by atoms with van der Waals surface area (Å²) in [5, 5.41) is 24.8. The quantitative estimate of drug-likeness (QED) is 0.469. The van der Waals surface area contributed by atoms with Gasteiger partial charge in [-0.3, -0.25) is 20.2 Å². The lowest BCUT2D eigenvalue weighted by Crippen LogP contribution is -2.36. The first kappa shape index (κ1) is 27.0. The van der Waals surface area contributed by atoms with Crippen molar-refractivity contribution in [3.63, 3.8) is 0 Å². The van der Waals surface area contributed by atoms with Gasteiger partial charge in [-0.05, 0) is 25.3 Å². The Morgan fingerprint density at radius 2 is 1.48 bits per heavy atom. The molecule has 0 aromatic heterocycles. The number of nitro benzene ring substituents is 2. The lowest BCUT2D eigenvalue weighted by Gasteiger charge is -2.30. The third kappa shape index (κ3) is 11.2. The van der Waals surface area contributed by atoms with E-state index < -0.39 is 15.4 Å². The average Bonchev–Trinajstić information content (AvgIpc) is 2.61. The topological polar surface area (TPSA) is 108 Å². The first-order chi connectivity index (χ1) is 12.4. The Hall–Kier alpha value is -2.22. The van der Waals surface area contributed by atoms with Crippen LogP contribution < -0.4 is 5.32 Å². The Morgan fingerprint density at radius 1 is 0.963 bits per heavy atom. The van der Waals surface area contributed by atoms with Gasteiger partial charge in [0.15, 0.2) is 0 Å². The minimum atomic E-state index is -0.660. The van der Waals surface area contributed by atoms with Gasteiger partial charge in [0, 0.05) is 12.6 Å². The number of hydrogen-bond donors (Lipinski definition) is 1. The van der Waals surface area contributed by atoms with E-state index in [0.29, 0.717) is 13.2 Å². The van der Waals surface area contributed by atoms with Crippen molar-refractivity contribution in [3.8, 4) is 0 Å². The van der Waals surface area contributed by atoms with Crippen LogP contribution in [0.15, 0.2) is 18.2 Å². The minimum absolute atomic E-state index is 0.0105. The molecule has 0 heterocycles. The number of nitrogens with one attached hydrogen (secondary N) is 1. The van der Waals surface area contributed by atoms with Crippen molar-refractivity contribution in [2.24, 2.45) is 5.41 Å². The Morgan fingerprint density at radius 3 is 1.89 bits per heavy atom. The molecule has 0 aliphatic rings. The lowest BCUT2D eigenvalue weighted by molar-refractivity contribution is -0.393. The molecule has 0 radical (unpaired) electrons. The van der Waals surface area contributed by atoms with Crippen LogP contribution in [-0.4, -0.2) is 28.6 Å². The molecule has 1 aromatic carbocycles. The van der Waals surface area contributed by atoms with Crippen LogP contribution in [0.2, 0.25) is 0 Å². The third-order valence-corrected chi connectivity index (χ3v) is 2.99. The zero-order valence-corrected chi connectivity index (χ0v) is 18.1. The highest BCUT2D eigenvalue weighted by molar-refractivity contribution is 5.65. The van der Waals surface area contributed by atoms with Crippen LogP contribution in [0.4, 0.5) is 17.1 Å². The maximum absolute atomic E-state index is 11.1. The number of rotatable bonds is 7. The van der Waals surface area contributed by atoms with Crippen LogP contribution in [0, 0.1) is 25.6 Å². The summed E-state index contributed by atoms with van der Waals surface area (Å²) in [6.07, 6.45) is 0. The second-order valence-corrected chi connectivity index (χ2v) is 7.18. The predicted octanol–water partition coefficient (Wildman–Crippen LogP) is 5.81. The Kier molecular flexibility index (Phi) is 12.2. The number of hydrogen-bond acceptors (Lipinski definition) is 6. The maximum atomic E-state index is 11.1. The molecule has 156 valence electrons. The molecular formula is C19H35N3O5. The number of anilines is 1. The normalized spacial score (nSPS) is 10.7. The maximum Gasteiger partial charge on any atom is 0.299 e. The molecule has 1 N–H and O–H groups in total. The largest absolute Gasteiger partial charge is 0.377 e. The summed E-state index contributed by atoms with van der Waals surface area (Å²) >= 11 is 0. The fourth-order valence-electron chi connectivity index (χ4n) is 1.71. The van der Waals surface area contributed by atoms with Gasteiger partial charge in [0.05, 0.1) is 28.1 Å². The highest BCUT2D eigenvalue weighted by Crippen LogP contribution is 2.29. The molecule has 8 nitrogen and oxygen atoms in total. The third-order valence-electron chi connectivity index (χ3n) is 2.99. The molecule has 0 saturated heterocycles. The van der Waals surface area contributed by atoms with Gasteiger partial charge in [-0.25, -0.2) is 0 Å². The summed E-state index contributed by atoms with van der Waals surface area (Å²) in [5.74, 6) is 0. The van der Waals surface area contributed by atoms with E-state index in [-0.39, 0.29) is 22.5 Å². The van der Waals surface area contributed by atoms with Crippen molar-refractivity contribution in [3.05, 3.63) is 38.4 Å². The van der Waals surface area contributed by atoms with Gasteiger partial charge < -0.3 is 10.1 Å². The van der Waals surface area contributed by atoms with E-state index >= 15 is 0 Å². The first-order valence-corrected chi connectivity index (χ1v) is 9.22. The molecule has 0 bridgehead atoms. The Balaban J connectivity index is 0.